The van der Waals surface area contributed by atoms with Gasteiger partial charge in [-0.3, -0.25) is 0 Å². The molecule has 0 spiro atoms. The lowest BCUT2D eigenvalue weighted by Crippen LogP contribution is -2.48. The molecule has 1 heterocycles. The van der Waals surface area contributed by atoms with E-state index >= 15 is 0 Å². The summed E-state index contributed by atoms with van der Waals surface area (Å²) in [5.41, 5.74) is 3.18. The Hall–Kier alpha value is -0.163. The van der Waals surface area contributed by atoms with Gasteiger partial charge in [-0.25, -0.2) is 0 Å². The van der Waals surface area contributed by atoms with Gasteiger partial charge in [0, 0.05) is 12.5 Å². The second-order valence-electron chi connectivity index (χ2n) is 9.74. The highest BCUT2D eigenvalue weighted by Crippen LogP contribution is 2.42. The summed E-state index contributed by atoms with van der Waals surface area (Å²) >= 11 is 0. The van der Waals surface area contributed by atoms with Crippen molar-refractivity contribution < 1.29 is 13.9 Å². The van der Waals surface area contributed by atoms with Crippen LogP contribution in [-0.4, -0.2) is 33.4 Å². The Labute approximate surface area is 164 Å². The van der Waals surface area contributed by atoms with Crippen LogP contribution in [0.5, 0.6) is 0 Å². The standard InChI is InChI=1S/C22H44O3Si/c1-15(2)26(16(3)4,17(5)6)24-13-18(7)12-19(8)21-20(9)14-23-22(10,11)25-21/h12,15-18,20-21H,13-14H2,1-11H3/b19-12+/t18-,20+,21+/m0/s1. The topological polar surface area (TPSA) is 27.7 Å². The minimum atomic E-state index is -1.80. The summed E-state index contributed by atoms with van der Waals surface area (Å²) in [5.74, 6) is 0.267. The Kier molecular flexibility index (Phi) is 8.59. The third kappa shape index (κ3) is 5.67. The molecule has 0 unspecified atom stereocenters. The van der Waals surface area contributed by atoms with Crippen molar-refractivity contribution in [1.82, 2.24) is 0 Å². The van der Waals surface area contributed by atoms with Crippen LogP contribution >= 0.6 is 0 Å². The third-order valence-corrected chi connectivity index (χ3v) is 12.0. The highest BCUT2D eigenvalue weighted by atomic mass is 28.4. The highest BCUT2D eigenvalue weighted by molar-refractivity contribution is 6.77. The van der Waals surface area contributed by atoms with Crippen LogP contribution in [0.3, 0.4) is 0 Å². The normalized spacial score (nSPS) is 26.0. The zero-order valence-electron chi connectivity index (χ0n) is 19.2. The van der Waals surface area contributed by atoms with E-state index in [1.807, 2.05) is 13.8 Å². The van der Waals surface area contributed by atoms with E-state index in [-0.39, 0.29) is 6.10 Å². The van der Waals surface area contributed by atoms with Gasteiger partial charge in [0.15, 0.2) is 14.1 Å². The van der Waals surface area contributed by atoms with Gasteiger partial charge in [-0.2, -0.15) is 0 Å². The van der Waals surface area contributed by atoms with Crippen LogP contribution in [0.25, 0.3) is 0 Å². The Bertz CT molecular complexity index is 446. The van der Waals surface area contributed by atoms with Crippen molar-refractivity contribution in [3.63, 3.8) is 0 Å². The van der Waals surface area contributed by atoms with Crippen molar-refractivity contribution in [2.24, 2.45) is 11.8 Å². The van der Waals surface area contributed by atoms with Gasteiger partial charge >= 0.3 is 0 Å². The maximum atomic E-state index is 6.76. The first-order valence-corrected chi connectivity index (χ1v) is 12.6. The molecule has 0 aromatic heterocycles. The van der Waals surface area contributed by atoms with Gasteiger partial charge in [-0.15, -0.1) is 0 Å². The lowest BCUT2D eigenvalue weighted by atomic mass is 9.94. The second kappa shape index (κ2) is 9.36. The van der Waals surface area contributed by atoms with E-state index < -0.39 is 14.1 Å². The molecule has 0 N–H and O–H groups in total. The summed E-state index contributed by atoms with van der Waals surface area (Å²) in [6, 6.07) is 0. The van der Waals surface area contributed by atoms with E-state index in [0.29, 0.717) is 28.5 Å². The van der Waals surface area contributed by atoms with Crippen LogP contribution in [0.2, 0.25) is 16.6 Å². The summed E-state index contributed by atoms with van der Waals surface area (Å²) < 4.78 is 18.7. The fourth-order valence-corrected chi connectivity index (χ4v) is 10.3. The smallest absolute Gasteiger partial charge is 0.200 e. The van der Waals surface area contributed by atoms with Crippen molar-refractivity contribution >= 4 is 8.32 Å². The van der Waals surface area contributed by atoms with Gasteiger partial charge in [0.25, 0.3) is 0 Å². The number of rotatable bonds is 8. The lowest BCUT2D eigenvalue weighted by Gasteiger charge is -2.43. The van der Waals surface area contributed by atoms with Crippen LogP contribution in [0.15, 0.2) is 11.6 Å². The highest BCUT2D eigenvalue weighted by Gasteiger charge is 2.45. The molecule has 0 saturated carbocycles. The van der Waals surface area contributed by atoms with Crippen molar-refractivity contribution in [2.45, 2.75) is 105 Å². The molecule has 154 valence electrons. The Morgan fingerprint density at radius 1 is 1.08 bits per heavy atom. The van der Waals surface area contributed by atoms with Crippen molar-refractivity contribution in [3.8, 4) is 0 Å². The number of ether oxygens (including phenoxy) is 2. The summed E-state index contributed by atoms with van der Waals surface area (Å²) in [6.07, 6.45) is 2.48. The molecule has 1 fully saturated rings. The summed E-state index contributed by atoms with van der Waals surface area (Å²) in [4.78, 5) is 0. The summed E-state index contributed by atoms with van der Waals surface area (Å²) in [6.45, 7) is 26.3. The summed E-state index contributed by atoms with van der Waals surface area (Å²) in [7, 11) is -1.80. The Morgan fingerprint density at radius 2 is 1.58 bits per heavy atom. The molecule has 0 aromatic carbocycles. The average molecular weight is 385 g/mol. The van der Waals surface area contributed by atoms with Gasteiger partial charge in [0.2, 0.25) is 0 Å². The van der Waals surface area contributed by atoms with E-state index in [9.17, 15) is 0 Å². The Morgan fingerprint density at radius 3 is 2.04 bits per heavy atom. The first-order valence-electron chi connectivity index (χ1n) is 10.5. The molecular formula is C22H44O3Si. The monoisotopic (exact) mass is 384 g/mol. The van der Waals surface area contributed by atoms with E-state index in [1.54, 1.807) is 0 Å². The van der Waals surface area contributed by atoms with Crippen LogP contribution in [0, 0.1) is 11.8 Å². The van der Waals surface area contributed by atoms with Crippen LogP contribution in [0.4, 0.5) is 0 Å². The quantitative estimate of drug-likeness (QED) is 0.351. The van der Waals surface area contributed by atoms with Gasteiger partial charge in [0.1, 0.15) is 0 Å². The molecular weight excluding hydrogens is 340 g/mol. The lowest BCUT2D eigenvalue weighted by molar-refractivity contribution is -0.282. The SMILES string of the molecule is C/C(=C\[C@H](C)CO[Si](C(C)C)(C(C)C)C(C)C)[C@H]1OC(C)(C)OC[C@H]1C. The maximum Gasteiger partial charge on any atom is 0.200 e. The van der Waals surface area contributed by atoms with Gasteiger partial charge in [0.05, 0.1) is 12.7 Å². The van der Waals surface area contributed by atoms with Gasteiger partial charge in [-0.05, 0) is 48.9 Å². The minimum absolute atomic E-state index is 0.128. The molecule has 1 aliphatic heterocycles. The molecule has 0 aliphatic carbocycles. The molecule has 26 heavy (non-hydrogen) atoms. The molecule has 0 amide bonds. The zero-order valence-corrected chi connectivity index (χ0v) is 20.2. The molecule has 0 aromatic rings. The predicted octanol–water partition coefficient (Wildman–Crippen LogP) is 6.55. The second-order valence-corrected chi connectivity index (χ2v) is 15.2. The van der Waals surface area contributed by atoms with Crippen LogP contribution in [-0.2, 0) is 13.9 Å². The molecule has 0 bridgehead atoms. The van der Waals surface area contributed by atoms with E-state index in [1.165, 1.54) is 5.57 Å². The molecule has 1 rings (SSSR count). The predicted molar refractivity (Wildman–Crippen MR) is 114 cm³/mol. The van der Waals surface area contributed by atoms with Gasteiger partial charge in [-0.1, -0.05) is 61.5 Å². The van der Waals surface area contributed by atoms with E-state index in [0.717, 1.165) is 13.2 Å². The Balaban J connectivity index is 2.83. The third-order valence-electron chi connectivity index (χ3n) is 5.92. The first kappa shape index (κ1) is 23.9. The number of hydrogen-bond donors (Lipinski definition) is 0. The van der Waals surface area contributed by atoms with Crippen LogP contribution in [0.1, 0.15) is 76.2 Å². The fourth-order valence-electron chi connectivity index (χ4n) is 4.78. The fraction of sp³-hybridized carbons (Fsp3) is 0.909. The minimum Gasteiger partial charge on any atom is -0.415 e. The molecule has 1 aliphatic rings. The molecule has 4 heteroatoms. The molecule has 3 nitrogen and oxygen atoms in total. The van der Waals surface area contributed by atoms with E-state index in [2.05, 4.69) is 68.4 Å². The first-order chi connectivity index (χ1) is 11.8. The molecule has 1 saturated heterocycles. The largest absolute Gasteiger partial charge is 0.415 e. The van der Waals surface area contributed by atoms with Gasteiger partial charge < -0.3 is 13.9 Å². The average Bonchev–Trinajstić information content (AvgIpc) is 2.49. The van der Waals surface area contributed by atoms with Crippen molar-refractivity contribution in [1.29, 1.82) is 0 Å². The maximum absolute atomic E-state index is 6.76. The molecule has 3 atom stereocenters. The van der Waals surface area contributed by atoms with Crippen molar-refractivity contribution in [3.05, 3.63) is 11.6 Å². The summed E-state index contributed by atoms with van der Waals surface area (Å²) in [5, 5.41) is 0. The molecule has 0 radical (unpaired) electrons. The zero-order chi connectivity index (χ0) is 20.3. The van der Waals surface area contributed by atoms with Crippen LogP contribution < -0.4 is 0 Å². The van der Waals surface area contributed by atoms with E-state index in [4.69, 9.17) is 13.9 Å². The number of hydrogen-bond acceptors (Lipinski definition) is 3. The van der Waals surface area contributed by atoms with Crippen molar-refractivity contribution in [2.75, 3.05) is 13.2 Å².